The highest BCUT2D eigenvalue weighted by Crippen LogP contribution is 2.36. The summed E-state index contributed by atoms with van der Waals surface area (Å²) < 4.78 is 8.21. The van der Waals surface area contributed by atoms with Crippen molar-refractivity contribution in [3.63, 3.8) is 0 Å². The van der Waals surface area contributed by atoms with Crippen LogP contribution in [0.5, 0.6) is 5.75 Å². The molecule has 2 amide bonds. The number of ether oxygens (including phenoxy) is 1. The molecule has 3 atom stereocenters. The minimum absolute atomic E-state index is 0.00938. The normalized spacial score (nSPS) is 22.3. The van der Waals surface area contributed by atoms with Crippen LogP contribution in [0, 0.1) is 5.92 Å². The third-order valence-corrected chi connectivity index (χ3v) is 9.00. The first-order valence-electron chi connectivity index (χ1n) is 15.4. The number of piperazine rings is 1. The van der Waals surface area contributed by atoms with Crippen molar-refractivity contribution in [1.29, 1.82) is 0 Å². The molecule has 4 aromatic rings. The Balaban J connectivity index is 1.07. The van der Waals surface area contributed by atoms with Gasteiger partial charge in [-0.25, -0.2) is 4.68 Å². The molecule has 2 aliphatic heterocycles. The van der Waals surface area contributed by atoms with Crippen LogP contribution < -0.4 is 20.7 Å². The van der Waals surface area contributed by atoms with Gasteiger partial charge in [0.1, 0.15) is 17.1 Å². The molecule has 4 N–H and O–H groups in total. The van der Waals surface area contributed by atoms with Crippen LogP contribution in [-0.2, 0) is 16.0 Å². The summed E-state index contributed by atoms with van der Waals surface area (Å²) in [5.41, 5.74) is 7.53. The van der Waals surface area contributed by atoms with Gasteiger partial charge in [0.25, 0.3) is 0 Å². The lowest BCUT2D eigenvalue weighted by Crippen LogP contribution is -2.60. The molecular formula is C34H35N7O4. The van der Waals surface area contributed by atoms with Crippen molar-refractivity contribution in [3.05, 3.63) is 84.3 Å². The summed E-state index contributed by atoms with van der Waals surface area (Å²) in [5, 5.41) is 27.4. The number of oxime groups is 1. The molecule has 11 heteroatoms. The second kappa shape index (κ2) is 12.6. The molecule has 2 saturated heterocycles. The summed E-state index contributed by atoms with van der Waals surface area (Å²) in [6.07, 6.45) is 8.89. The fourth-order valence-corrected chi connectivity index (χ4v) is 6.57. The quantitative estimate of drug-likeness (QED) is 0.136. The van der Waals surface area contributed by atoms with Gasteiger partial charge >= 0.3 is 0 Å². The van der Waals surface area contributed by atoms with Gasteiger partial charge in [0.05, 0.1) is 18.2 Å². The van der Waals surface area contributed by atoms with E-state index in [0.717, 1.165) is 76.5 Å². The van der Waals surface area contributed by atoms with E-state index in [-0.39, 0.29) is 29.8 Å². The second-order valence-electron chi connectivity index (χ2n) is 11.8. The van der Waals surface area contributed by atoms with E-state index in [9.17, 15) is 14.8 Å². The van der Waals surface area contributed by atoms with E-state index in [0.29, 0.717) is 26.0 Å². The number of carbonyl (C=O) groups is 2. The van der Waals surface area contributed by atoms with Gasteiger partial charge < -0.3 is 20.6 Å². The van der Waals surface area contributed by atoms with Gasteiger partial charge in [0.15, 0.2) is 0 Å². The third kappa shape index (κ3) is 5.96. The number of para-hydroxylation sites is 2. The van der Waals surface area contributed by atoms with E-state index in [1.165, 1.54) is 0 Å². The Bertz CT molecular complexity index is 1740. The Kier molecular flexibility index (Phi) is 8.10. The SMILES string of the molecule is O=C1CCC(C2CNC(CCOc3ccccc3-n3cc(-c4ccc5c(c4)CC/C5=N\O)c(-c4ccncc4)n3)CN2)C(=O)N1. The number of piperidine rings is 1. The summed E-state index contributed by atoms with van der Waals surface area (Å²) in [4.78, 5) is 28.0. The second-order valence-corrected chi connectivity index (χ2v) is 11.8. The molecule has 4 heterocycles. The molecule has 0 saturated carbocycles. The number of nitrogens with one attached hydrogen (secondary N) is 3. The largest absolute Gasteiger partial charge is 0.491 e. The highest BCUT2D eigenvalue weighted by Gasteiger charge is 2.35. The van der Waals surface area contributed by atoms with Crippen LogP contribution >= 0.6 is 0 Å². The molecule has 230 valence electrons. The van der Waals surface area contributed by atoms with Gasteiger partial charge in [0, 0.05) is 66.9 Å². The predicted octanol–water partition coefficient (Wildman–Crippen LogP) is 3.48. The Labute approximate surface area is 260 Å². The van der Waals surface area contributed by atoms with E-state index in [4.69, 9.17) is 9.84 Å². The highest BCUT2D eigenvalue weighted by atomic mass is 16.5. The van der Waals surface area contributed by atoms with Crippen LogP contribution in [0.2, 0.25) is 0 Å². The molecule has 0 spiro atoms. The first kappa shape index (κ1) is 28.9. The van der Waals surface area contributed by atoms with Crippen molar-refractivity contribution >= 4 is 17.5 Å². The van der Waals surface area contributed by atoms with Crippen LogP contribution in [0.15, 0.2) is 78.3 Å². The molecule has 1 aliphatic carbocycles. The van der Waals surface area contributed by atoms with E-state index in [1.807, 2.05) is 53.3 Å². The fourth-order valence-electron chi connectivity index (χ4n) is 6.57. The highest BCUT2D eigenvalue weighted by molar-refractivity contribution is 6.04. The lowest BCUT2D eigenvalue weighted by Gasteiger charge is -2.36. The number of rotatable bonds is 8. The van der Waals surface area contributed by atoms with Crippen molar-refractivity contribution in [1.82, 2.24) is 30.7 Å². The summed E-state index contributed by atoms with van der Waals surface area (Å²) in [6, 6.07) is 18.3. The Morgan fingerprint density at radius 1 is 0.956 bits per heavy atom. The van der Waals surface area contributed by atoms with Gasteiger partial charge in [-0.2, -0.15) is 5.10 Å². The van der Waals surface area contributed by atoms with E-state index in [1.54, 1.807) is 12.4 Å². The summed E-state index contributed by atoms with van der Waals surface area (Å²) in [6.45, 7) is 1.89. The number of nitrogens with zero attached hydrogens (tertiary/aromatic N) is 4. The number of imide groups is 1. The lowest BCUT2D eigenvalue weighted by molar-refractivity contribution is -0.137. The number of hydrogen-bond acceptors (Lipinski definition) is 9. The number of aryl methyl sites for hydroxylation is 1. The van der Waals surface area contributed by atoms with Crippen LogP contribution in [0.1, 0.15) is 36.8 Å². The zero-order valence-corrected chi connectivity index (χ0v) is 24.8. The van der Waals surface area contributed by atoms with Crippen molar-refractivity contribution in [2.24, 2.45) is 11.1 Å². The molecule has 2 aromatic heterocycles. The molecule has 2 fully saturated rings. The molecular weight excluding hydrogens is 570 g/mol. The monoisotopic (exact) mass is 605 g/mol. The number of pyridine rings is 1. The van der Waals surface area contributed by atoms with E-state index >= 15 is 0 Å². The maximum absolute atomic E-state index is 12.3. The van der Waals surface area contributed by atoms with Gasteiger partial charge in [-0.3, -0.25) is 19.9 Å². The minimum Gasteiger partial charge on any atom is -0.491 e. The van der Waals surface area contributed by atoms with Crippen molar-refractivity contribution in [2.75, 3.05) is 19.7 Å². The fraction of sp³-hybridized carbons (Fsp3) is 0.324. The maximum atomic E-state index is 12.3. The predicted molar refractivity (Wildman–Crippen MR) is 168 cm³/mol. The zero-order valence-electron chi connectivity index (χ0n) is 24.8. The van der Waals surface area contributed by atoms with E-state index in [2.05, 4.69) is 38.2 Å². The molecule has 0 radical (unpaired) electrons. The van der Waals surface area contributed by atoms with Crippen molar-refractivity contribution in [2.45, 2.75) is 44.2 Å². The van der Waals surface area contributed by atoms with Crippen molar-refractivity contribution in [3.8, 4) is 33.8 Å². The summed E-state index contributed by atoms with van der Waals surface area (Å²) >= 11 is 0. The standard InChI is InChI=1S/C34H35N7O4/c42-32-10-8-26(34(43)38-32)29-19-36-24(18-37-29)13-16-45-31-4-2-1-3-30(31)41-20-27(33(39-41)21-11-14-35-15-12-21)23-5-7-25-22(17-23)6-9-28(25)40-44/h1-5,7,11-12,14-15,17,20,24,26,29,36-37,44H,6,8-10,13,16,18-19H2,(H,38,42,43)/b40-28+. The van der Waals surface area contributed by atoms with Crippen LogP contribution in [0.3, 0.4) is 0 Å². The van der Waals surface area contributed by atoms with Crippen LogP contribution in [-0.4, -0.2) is 69.3 Å². The number of fused-ring (bicyclic) bond motifs is 1. The lowest BCUT2D eigenvalue weighted by atomic mass is 9.89. The molecule has 0 bridgehead atoms. The van der Waals surface area contributed by atoms with Crippen LogP contribution in [0.4, 0.5) is 0 Å². The smallest absolute Gasteiger partial charge is 0.231 e. The topological polar surface area (TPSA) is 143 Å². The molecule has 45 heavy (non-hydrogen) atoms. The molecule has 7 rings (SSSR count). The van der Waals surface area contributed by atoms with E-state index < -0.39 is 0 Å². The number of carbonyl (C=O) groups excluding carboxylic acids is 2. The van der Waals surface area contributed by atoms with Crippen LogP contribution in [0.25, 0.3) is 28.1 Å². The number of amides is 2. The summed E-state index contributed by atoms with van der Waals surface area (Å²) in [5.74, 6) is 0.167. The van der Waals surface area contributed by atoms with Crippen molar-refractivity contribution < 1.29 is 19.5 Å². The summed E-state index contributed by atoms with van der Waals surface area (Å²) in [7, 11) is 0. The first-order chi connectivity index (χ1) is 22.1. The van der Waals surface area contributed by atoms with Gasteiger partial charge in [-0.15, -0.1) is 0 Å². The number of hydrogen-bond donors (Lipinski definition) is 4. The molecule has 3 unspecified atom stereocenters. The Morgan fingerprint density at radius 2 is 1.82 bits per heavy atom. The molecule has 3 aliphatic rings. The first-order valence-corrected chi connectivity index (χ1v) is 15.4. The van der Waals surface area contributed by atoms with Gasteiger partial charge in [-0.05, 0) is 61.1 Å². The molecule has 2 aromatic carbocycles. The maximum Gasteiger partial charge on any atom is 0.231 e. The Hall–Kier alpha value is -4.87. The average molecular weight is 606 g/mol. The van der Waals surface area contributed by atoms with Gasteiger partial charge in [0.2, 0.25) is 11.8 Å². The Morgan fingerprint density at radius 3 is 2.62 bits per heavy atom. The third-order valence-electron chi connectivity index (χ3n) is 9.00. The minimum atomic E-state index is -0.195. The number of benzene rings is 2. The van der Waals surface area contributed by atoms with Gasteiger partial charge in [-0.1, -0.05) is 35.5 Å². The molecule has 11 nitrogen and oxygen atoms in total. The number of aromatic nitrogens is 3. The average Bonchev–Trinajstić information content (AvgIpc) is 3.70. The zero-order chi connectivity index (χ0) is 30.8.